The summed E-state index contributed by atoms with van der Waals surface area (Å²) in [6.45, 7) is 22.8. The van der Waals surface area contributed by atoms with Crippen molar-refractivity contribution < 1.29 is 28.8 Å². The van der Waals surface area contributed by atoms with Crippen molar-refractivity contribution in [1.82, 2.24) is 36.5 Å². The van der Waals surface area contributed by atoms with Crippen LogP contribution in [0.5, 0.6) is 0 Å². The number of nitrogens with one attached hydrogen (secondary N) is 5. The molecule has 5 N–H and O–H groups in total. The molecule has 0 aliphatic carbocycles. The minimum Gasteiger partial charge on any atom is -0.363 e. The number of fused-ring (bicyclic) bond motifs is 1. The van der Waals surface area contributed by atoms with Crippen molar-refractivity contribution in [3.63, 3.8) is 0 Å². The van der Waals surface area contributed by atoms with Crippen molar-refractivity contribution in [3.05, 3.63) is 52.5 Å². The van der Waals surface area contributed by atoms with Crippen LogP contribution in [0.4, 0.5) is 0 Å². The molecule has 2 aliphatic heterocycles. The number of carbonyl (C=O) groups is 6. The van der Waals surface area contributed by atoms with Gasteiger partial charge in [-0.3, -0.25) is 33.8 Å². The van der Waals surface area contributed by atoms with Gasteiger partial charge >= 0.3 is 0 Å². The minimum atomic E-state index is -1.12. The highest BCUT2D eigenvalue weighted by Crippen LogP contribution is 2.30. The number of carbonyl (C=O) groups excluding carboxylic acids is 6. The number of thioether (sulfide) groups is 1. The Morgan fingerprint density at radius 3 is 2.18 bits per heavy atom. The lowest BCUT2D eigenvalue weighted by Crippen LogP contribution is -2.63. The fourth-order valence-electron chi connectivity index (χ4n) is 7.55. The van der Waals surface area contributed by atoms with E-state index in [0.29, 0.717) is 18.0 Å². The first kappa shape index (κ1) is 48.4. The molecule has 0 radical (unpaired) electrons. The van der Waals surface area contributed by atoms with E-state index in [1.54, 1.807) is 16.5 Å². The number of hydrogen-bond donors (Lipinski definition) is 5. The van der Waals surface area contributed by atoms with Crippen LogP contribution in [0.15, 0.2) is 46.9 Å². The third-order valence-corrected chi connectivity index (χ3v) is 12.7. The number of amidine groups is 1. The van der Waals surface area contributed by atoms with E-state index in [0.717, 1.165) is 5.56 Å². The Kier molecular flexibility index (Phi) is 16.5. The second kappa shape index (κ2) is 20.5. The highest BCUT2D eigenvalue weighted by molar-refractivity contribution is 8.14. The molecule has 8 atom stereocenters. The summed E-state index contributed by atoms with van der Waals surface area (Å²) in [5.74, 6) is -2.81. The lowest BCUT2D eigenvalue weighted by molar-refractivity contribution is -0.140. The Morgan fingerprint density at radius 1 is 0.950 bits per heavy atom. The number of aliphatic imine (C=N–C) groups is 1. The number of thiazole rings is 1. The third kappa shape index (κ3) is 12.6. The molecule has 3 unspecified atom stereocenters. The van der Waals surface area contributed by atoms with Crippen molar-refractivity contribution in [2.75, 3.05) is 13.1 Å². The second-order valence-corrected chi connectivity index (χ2v) is 21.4. The van der Waals surface area contributed by atoms with Gasteiger partial charge in [0.1, 0.15) is 35.0 Å². The Bertz CT molecular complexity index is 1860. The highest BCUT2D eigenvalue weighted by Gasteiger charge is 2.44. The van der Waals surface area contributed by atoms with Gasteiger partial charge in [0.05, 0.1) is 18.6 Å². The standard InChI is InChI=1S/C44H66N8O6S2/c1-24(2)32-38(55)51-35(43(7,8)9)37(46-23-30(53)52-20-18-26(5)34(52)40(57)48-32)50-36(44(10,11)12)41(58)49-33(27(6)28-16-14-13-15-17-28)39(56)47-29(42-45-19-21-59-42)22-31(54)60-25(3)4/h13-17,19,21,24-27,29,32-36H,18,20,22-23H2,1-12H3,(H,46,50)(H,47,56)(H,48,57)(H,49,58)(H,51,55)/t26-,27+,29-,32+,33?,34+,35?,36?/m1/s1. The van der Waals surface area contributed by atoms with E-state index in [2.05, 4.69) is 31.6 Å². The molecule has 2 saturated heterocycles. The first-order chi connectivity index (χ1) is 28.0. The maximum Gasteiger partial charge on any atom is 0.246 e. The number of amides is 5. The monoisotopic (exact) mass is 866 g/mol. The number of nitrogens with zero attached hydrogens (tertiary/aromatic N) is 3. The van der Waals surface area contributed by atoms with E-state index >= 15 is 0 Å². The minimum absolute atomic E-state index is 0.0174. The normalized spacial score (nSPS) is 23.3. The number of rotatable bonds is 12. The topological polar surface area (TPSA) is 191 Å². The molecule has 60 heavy (non-hydrogen) atoms. The second-order valence-electron chi connectivity index (χ2n) is 18.8. The Morgan fingerprint density at radius 2 is 1.62 bits per heavy atom. The quantitative estimate of drug-likeness (QED) is 0.196. The van der Waals surface area contributed by atoms with Crippen LogP contribution in [-0.4, -0.2) is 98.9 Å². The van der Waals surface area contributed by atoms with E-state index < -0.39 is 70.7 Å². The molecular formula is C44H66N8O6S2. The Hall–Kier alpha value is -4.31. The van der Waals surface area contributed by atoms with Crippen LogP contribution in [0, 0.1) is 22.7 Å². The van der Waals surface area contributed by atoms with Crippen LogP contribution in [0.25, 0.3) is 0 Å². The fraction of sp³-hybridized carbons (Fsp3) is 0.636. The van der Waals surface area contributed by atoms with Gasteiger partial charge in [0.25, 0.3) is 0 Å². The molecule has 1 aromatic heterocycles. The summed E-state index contributed by atoms with van der Waals surface area (Å²) in [6, 6.07) is 3.97. The maximum atomic E-state index is 14.8. The molecular weight excluding hydrogens is 801 g/mol. The molecule has 1 aromatic carbocycles. The third-order valence-electron chi connectivity index (χ3n) is 10.9. The molecule has 3 heterocycles. The predicted molar refractivity (Wildman–Crippen MR) is 238 cm³/mol. The van der Waals surface area contributed by atoms with E-state index in [4.69, 9.17) is 4.99 Å². The zero-order valence-electron chi connectivity index (χ0n) is 37.3. The summed E-state index contributed by atoms with van der Waals surface area (Å²) in [4.78, 5) is 95.2. The summed E-state index contributed by atoms with van der Waals surface area (Å²) in [6.07, 6.45) is 2.27. The molecule has 2 fully saturated rings. The highest BCUT2D eigenvalue weighted by atomic mass is 32.2. The summed E-state index contributed by atoms with van der Waals surface area (Å²) >= 11 is 2.53. The molecule has 2 aromatic rings. The van der Waals surface area contributed by atoms with Crippen LogP contribution in [0.3, 0.4) is 0 Å². The summed E-state index contributed by atoms with van der Waals surface area (Å²) in [5.41, 5.74) is -0.710. The van der Waals surface area contributed by atoms with Gasteiger partial charge in [-0.25, -0.2) is 4.98 Å². The van der Waals surface area contributed by atoms with Crippen molar-refractivity contribution >= 4 is 63.6 Å². The van der Waals surface area contributed by atoms with E-state index in [9.17, 15) is 28.8 Å². The van der Waals surface area contributed by atoms with Gasteiger partial charge in [-0.15, -0.1) is 11.3 Å². The molecule has 14 nitrogen and oxygen atoms in total. The van der Waals surface area contributed by atoms with Crippen LogP contribution in [0.1, 0.15) is 118 Å². The van der Waals surface area contributed by atoms with Gasteiger partial charge < -0.3 is 31.5 Å². The van der Waals surface area contributed by atoms with Crippen molar-refractivity contribution in [1.29, 1.82) is 0 Å². The first-order valence-electron chi connectivity index (χ1n) is 21.0. The van der Waals surface area contributed by atoms with Gasteiger partial charge in [-0.2, -0.15) is 0 Å². The average Bonchev–Trinajstić information content (AvgIpc) is 3.83. The van der Waals surface area contributed by atoms with Gasteiger partial charge in [0.2, 0.25) is 29.5 Å². The molecule has 2 aliphatic rings. The van der Waals surface area contributed by atoms with Crippen molar-refractivity contribution in [3.8, 4) is 0 Å². The summed E-state index contributed by atoms with van der Waals surface area (Å²) < 4.78 is 0. The van der Waals surface area contributed by atoms with Gasteiger partial charge in [0.15, 0.2) is 5.12 Å². The lowest BCUT2D eigenvalue weighted by Gasteiger charge is -2.38. The molecule has 0 bridgehead atoms. The zero-order chi connectivity index (χ0) is 44.7. The largest absolute Gasteiger partial charge is 0.363 e. The van der Waals surface area contributed by atoms with Crippen LogP contribution < -0.4 is 26.6 Å². The maximum absolute atomic E-state index is 14.8. The van der Waals surface area contributed by atoms with Crippen molar-refractivity contribution in [2.45, 2.75) is 143 Å². The molecule has 4 rings (SSSR count). The fourth-order valence-corrected chi connectivity index (χ4v) is 9.02. The van der Waals surface area contributed by atoms with Crippen molar-refractivity contribution in [2.24, 2.45) is 27.7 Å². The number of aromatic nitrogens is 1. The SMILES string of the molecule is CC(C)SC(=O)C[C@@H](NC(=O)C(NC(=O)C(/N=C1\NCC(=O)N2CC[C@@H](C)[C@H]2C(=O)N[C@@H](C(C)C)C(=O)NC1C(C)(C)C)C(C)(C)C)[C@@H](C)c1ccccc1)c1nccs1. The first-order valence-corrected chi connectivity index (χ1v) is 22.7. The molecule has 0 saturated carbocycles. The summed E-state index contributed by atoms with van der Waals surface area (Å²) in [5, 5.41) is 17.7. The Labute approximate surface area is 364 Å². The smallest absolute Gasteiger partial charge is 0.246 e. The molecule has 16 heteroatoms. The molecule has 330 valence electrons. The molecule has 5 amide bonds. The van der Waals surface area contributed by atoms with Gasteiger partial charge in [-0.05, 0) is 34.7 Å². The van der Waals surface area contributed by atoms with E-state index in [-0.39, 0.29) is 52.8 Å². The average molecular weight is 867 g/mol. The lowest BCUT2D eigenvalue weighted by atomic mass is 9.83. The zero-order valence-corrected chi connectivity index (χ0v) is 38.9. The van der Waals surface area contributed by atoms with E-state index in [1.807, 2.05) is 113 Å². The van der Waals surface area contributed by atoms with Crippen LogP contribution in [0.2, 0.25) is 0 Å². The molecule has 0 spiro atoms. The van der Waals surface area contributed by atoms with E-state index in [1.165, 1.54) is 23.1 Å². The van der Waals surface area contributed by atoms with Gasteiger partial charge in [0, 0.05) is 35.7 Å². The number of hydrogen-bond acceptors (Lipinski definition) is 10. The predicted octanol–water partition coefficient (Wildman–Crippen LogP) is 4.97. The van der Waals surface area contributed by atoms with Crippen LogP contribution >= 0.6 is 23.1 Å². The van der Waals surface area contributed by atoms with Gasteiger partial charge in [-0.1, -0.05) is 125 Å². The summed E-state index contributed by atoms with van der Waals surface area (Å²) in [7, 11) is 0. The number of benzene rings is 1. The Balaban J connectivity index is 1.78. The van der Waals surface area contributed by atoms with Crippen LogP contribution in [-0.2, 0) is 28.8 Å².